The maximum atomic E-state index is 13.0. The number of hydrogen-bond donors (Lipinski definition) is 0. The highest BCUT2D eigenvalue weighted by molar-refractivity contribution is 9.09. The van der Waals surface area contributed by atoms with E-state index < -0.39 is 0 Å². The average molecular weight is 349 g/mol. The van der Waals surface area contributed by atoms with Crippen molar-refractivity contribution in [1.82, 2.24) is 0 Å². The monoisotopic (exact) mass is 348 g/mol. The standard InChI is InChI=1S/C19H22BrF/c1-19(2,3)17-8-4-14(5-9-17)12-16(13-20)15-6-10-18(21)11-7-15/h4-11,16H,12-13H2,1-3H3. The molecule has 2 aromatic carbocycles. The molecule has 0 nitrogen and oxygen atoms in total. The molecule has 0 N–H and O–H groups in total. The van der Waals surface area contributed by atoms with Gasteiger partial charge in [-0.3, -0.25) is 0 Å². The van der Waals surface area contributed by atoms with Crippen LogP contribution < -0.4 is 0 Å². The van der Waals surface area contributed by atoms with E-state index in [4.69, 9.17) is 0 Å². The van der Waals surface area contributed by atoms with Crippen LogP contribution in [0.5, 0.6) is 0 Å². The van der Waals surface area contributed by atoms with Crippen molar-refractivity contribution in [2.24, 2.45) is 0 Å². The predicted molar refractivity (Wildman–Crippen MR) is 91.8 cm³/mol. The number of benzene rings is 2. The Morgan fingerprint density at radius 2 is 1.52 bits per heavy atom. The van der Waals surface area contributed by atoms with E-state index in [1.54, 1.807) is 0 Å². The summed E-state index contributed by atoms with van der Waals surface area (Å²) in [6.07, 6.45) is 0.960. The summed E-state index contributed by atoms with van der Waals surface area (Å²) in [4.78, 5) is 0. The van der Waals surface area contributed by atoms with Crippen LogP contribution in [0.15, 0.2) is 48.5 Å². The van der Waals surface area contributed by atoms with Crippen LogP contribution in [0.25, 0.3) is 0 Å². The minimum Gasteiger partial charge on any atom is -0.207 e. The lowest BCUT2D eigenvalue weighted by Crippen LogP contribution is -2.11. The second-order valence-corrected chi connectivity index (χ2v) is 7.20. The number of alkyl halides is 1. The fraction of sp³-hybridized carbons (Fsp3) is 0.368. The zero-order valence-corrected chi connectivity index (χ0v) is 14.5. The van der Waals surface area contributed by atoms with Crippen molar-refractivity contribution in [3.05, 3.63) is 71.0 Å². The molecule has 0 aliphatic carbocycles. The molecule has 0 aliphatic rings. The van der Waals surface area contributed by atoms with Crippen LogP contribution in [-0.2, 0) is 11.8 Å². The summed E-state index contributed by atoms with van der Waals surface area (Å²) in [5.74, 6) is 0.188. The minimum atomic E-state index is -0.179. The first-order valence-corrected chi connectivity index (χ1v) is 8.43. The lowest BCUT2D eigenvalue weighted by Gasteiger charge is -2.20. The van der Waals surface area contributed by atoms with E-state index in [-0.39, 0.29) is 11.2 Å². The van der Waals surface area contributed by atoms with Gasteiger partial charge < -0.3 is 0 Å². The van der Waals surface area contributed by atoms with Gasteiger partial charge in [-0.1, -0.05) is 73.1 Å². The van der Waals surface area contributed by atoms with E-state index in [1.165, 1.54) is 28.8 Å². The summed E-state index contributed by atoms with van der Waals surface area (Å²) >= 11 is 3.58. The third-order valence-electron chi connectivity index (χ3n) is 3.83. The van der Waals surface area contributed by atoms with Gasteiger partial charge in [-0.05, 0) is 46.6 Å². The highest BCUT2D eigenvalue weighted by atomic mass is 79.9. The molecule has 0 saturated carbocycles. The fourth-order valence-electron chi connectivity index (χ4n) is 2.42. The quantitative estimate of drug-likeness (QED) is 0.608. The minimum absolute atomic E-state index is 0.179. The van der Waals surface area contributed by atoms with Gasteiger partial charge in [-0.2, -0.15) is 0 Å². The number of hydrogen-bond acceptors (Lipinski definition) is 0. The Morgan fingerprint density at radius 3 is 2.00 bits per heavy atom. The summed E-state index contributed by atoms with van der Waals surface area (Å²) in [6, 6.07) is 15.7. The molecule has 0 saturated heterocycles. The molecule has 1 unspecified atom stereocenters. The molecule has 2 rings (SSSR count). The maximum absolute atomic E-state index is 13.0. The van der Waals surface area contributed by atoms with E-state index in [1.807, 2.05) is 12.1 Å². The zero-order chi connectivity index (χ0) is 15.5. The molecule has 2 aromatic rings. The van der Waals surface area contributed by atoms with Crippen LogP contribution in [0, 0.1) is 5.82 Å². The molecule has 1 atom stereocenters. The number of halogens is 2. The molecule has 0 amide bonds. The Morgan fingerprint density at radius 1 is 0.952 bits per heavy atom. The molecule has 0 heterocycles. The van der Waals surface area contributed by atoms with Crippen LogP contribution in [0.1, 0.15) is 43.4 Å². The van der Waals surface area contributed by atoms with Crippen LogP contribution >= 0.6 is 15.9 Å². The summed E-state index contributed by atoms with van der Waals surface area (Å²) in [6.45, 7) is 6.67. The second-order valence-electron chi connectivity index (χ2n) is 6.55. The van der Waals surface area contributed by atoms with Crippen molar-refractivity contribution in [2.75, 3.05) is 5.33 Å². The summed E-state index contributed by atoms with van der Waals surface area (Å²) in [5.41, 5.74) is 4.03. The predicted octanol–water partition coefficient (Wildman–Crippen LogP) is 5.84. The van der Waals surface area contributed by atoms with Crippen LogP contribution in [0.3, 0.4) is 0 Å². The molecular formula is C19H22BrF. The lowest BCUT2D eigenvalue weighted by molar-refractivity contribution is 0.589. The maximum Gasteiger partial charge on any atom is 0.123 e. The van der Waals surface area contributed by atoms with Gasteiger partial charge >= 0.3 is 0 Å². The zero-order valence-electron chi connectivity index (χ0n) is 12.9. The average Bonchev–Trinajstić information content (AvgIpc) is 2.45. The van der Waals surface area contributed by atoms with Gasteiger partial charge in [0, 0.05) is 5.33 Å². The molecule has 0 spiro atoms. The molecule has 0 fully saturated rings. The topological polar surface area (TPSA) is 0 Å². The van der Waals surface area contributed by atoms with Crippen LogP contribution in [0.2, 0.25) is 0 Å². The normalized spacial score (nSPS) is 13.2. The molecule has 0 bridgehead atoms. The third kappa shape index (κ3) is 4.41. The van der Waals surface area contributed by atoms with E-state index in [2.05, 4.69) is 61.0 Å². The lowest BCUT2D eigenvalue weighted by atomic mass is 9.85. The molecule has 2 heteroatoms. The van der Waals surface area contributed by atoms with E-state index in [9.17, 15) is 4.39 Å². The van der Waals surface area contributed by atoms with Crippen molar-refractivity contribution in [3.8, 4) is 0 Å². The second kappa shape index (κ2) is 6.74. The van der Waals surface area contributed by atoms with Gasteiger partial charge in [0.25, 0.3) is 0 Å². The summed E-state index contributed by atoms with van der Waals surface area (Å²) < 4.78 is 13.0. The first-order valence-electron chi connectivity index (χ1n) is 7.31. The molecule has 0 radical (unpaired) electrons. The van der Waals surface area contributed by atoms with Gasteiger partial charge in [0.15, 0.2) is 0 Å². The van der Waals surface area contributed by atoms with Crippen molar-refractivity contribution < 1.29 is 4.39 Å². The van der Waals surface area contributed by atoms with E-state index in [0.717, 1.165) is 11.8 Å². The molecular weight excluding hydrogens is 327 g/mol. The highest BCUT2D eigenvalue weighted by Crippen LogP contribution is 2.26. The van der Waals surface area contributed by atoms with E-state index >= 15 is 0 Å². The SMILES string of the molecule is CC(C)(C)c1ccc(CC(CBr)c2ccc(F)cc2)cc1. The Bertz CT molecular complexity index is 564. The van der Waals surface area contributed by atoms with Crippen molar-refractivity contribution >= 4 is 15.9 Å². The van der Waals surface area contributed by atoms with E-state index in [0.29, 0.717) is 5.92 Å². The van der Waals surface area contributed by atoms with Crippen molar-refractivity contribution in [2.45, 2.75) is 38.5 Å². The Kier molecular flexibility index (Phi) is 5.21. The highest BCUT2D eigenvalue weighted by Gasteiger charge is 2.15. The van der Waals surface area contributed by atoms with Gasteiger partial charge in [-0.25, -0.2) is 4.39 Å². The molecule has 21 heavy (non-hydrogen) atoms. The summed E-state index contributed by atoms with van der Waals surface area (Å²) in [5, 5.41) is 0.875. The molecule has 0 aromatic heterocycles. The first kappa shape index (κ1) is 16.2. The fourth-order valence-corrected chi connectivity index (χ4v) is 3.02. The molecule has 112 valence electrons. The first-order chi connectivity index (χ1) is 9.90. The van der Waals surface area contributed by atoms with Gasteiger partial charge in [0.05, 0.1) is 0 Å². The van der Waals surface area contributed by atoms with Gasteiger partial charge in [-0.15, -0.1) is 0 Å². The number of rotatable bonds is 4. The van der Waals surface area contributed by atoms with Crippen molar-refractivity contribution in [3.63, 3.8) is 0 Å². The Balaban J connectivity index is 2.13. The third-order valence-corrected chi connectivity index (χ3v) is 4.61. The van der Waals surface area contributed by atoms with Crippen LogP contribution in [0.4, 0.5) is 4.39 Å². The Labute approximate surface area is 135 Å². The van der Waals surface area contributed by atoms with Crippen molar-refractivity contribution in [1.29, 1.82) is 0 Å². The smallest absolute Gasteiger partial charge is 0.123 e. The van der Waals surface area contributed by atoms with Gasteiger partial charge in [0.2, 0.25) is 0 Å². The molecule has 0 aliphatic heterocycles. The summed E-state index contributed by atoms with van der Waals surface area (Å²) in [7, 11) is 0. The van der Waals surface area contributed by atoms with Gasteiger partial charge in [0.1, 0.15) is 5.82 Å². The Hall–Kier alpha value is -1.15. The largest absolute Gasteiger partial charge is 0.207 e. The van der Waals surface area contributed by atoms with Crippen LogP contribution in [-0.4, -0.2) is 5.33 Å².